The molecule has 0 fully saturated rings. The number of halogens is 1. The van der Waals surface area contributed by atoms with Gasteiger partial charge in [-0.3, -0.25) is 10.1 Å². The highest BCUT2D eigenvalue weighted by Crippen LogP contribution is 2.38. The third kappa shape index (κ3) is 6.52. The molecule has 1 aromatic heterocycles. The van der Waals surface area contributed by atoms with E-state index in [1.165, 1.54) is 21.8 Å². The molecule has 0 bridgehead atoms. The van der Waals surface area contributed by atoms with E-state index in [1.54, 1.807) is 25.1 Å². The van der Waals surface area contributed by atoms with Gasteiger partial charge in [-0.2, -0.15) is 0 Å². The van der Waals surface area contributed by atoms with E-state index in [1.807, 2.05) is 18.2 Å². The Kier molecular flexibility index (Phi) is 9.12. The molecule has 2 aromatic carbocycles. The zero-order valence-corrected chi connectivity index (χ0v) is 23.1. The first-order valence-corrected chi connectivity index (χ1v) is 13.9. The summed E-state index contributed by atoms with van der Waals surface area (Å²) in [6.45, 7) is 2.60. The highest BCUT2D eigenvalue weighted by molar-refractivity contribution is 9.10. The molecule has 0 unspecified atom stereocenters. The number of ether oxygens (including phenoxy) is 2. The van der Waals surface area contributed by atoms with Gasteiger partial charge in [0.25, 0.3) is 5.91 Å². The smallest absolute Gasteiger partial charge is 0.341 e. The molecule has 4 rings (SSSR count). The van der Waals surface area contributed by atoms with Crippen molar-refractivity contribution in [1.82, 2.24) is 5.32 Å². The number of amides is 1. The van der Waals surface area contributed by atoms with E-state index in [4.69, 9.17) is 21.7 Å². The van der Waals surface area contributed by atoms with E-state index in [2.05, 4.69) is 38.7 Å². The number of thiocarbonyl (C=S) groups is 1. The highest BCUT2D eigenvalue weighted by atomic mass is 79.9. The van der Waals surface area contributed by atoms with Crippen molar-refractivity contribution in [3.05, 3.63) is 80.1 Å². The molecule has 1 aliphatic carbocycles. The van der Waals surface area contributed by atoms with Gasteiger partial charge in [0.1, 0.15) is 10.8 Å². The summed E-state index contributed by atoms with van der Waals surface area (Å²) >= 11 is 10.4. The minimum Gasteiger partial charge on any atom is -0.492 e. The van der Waals surface area contributed by atoms with Gasteiger partial charge in [0.15, 0.2) is 5.11 Å². The van der Waals surface area contributed by atoms with E-state index in [9.17, 15) is 9.59 Å². The summed E-state index contributed by atoms with van der Waals surface area (Å²) in [7, 11) is 0. The van der Waals surface area contributed by atoms with E-state index >= 15 is 0 Å². The monoisotopic (exact) mass is 586 g/mol. The van der Waals surface area contributed by atoms with Crippen LogP contribution in [0.1, 0.15) is 56.5 Å². The van der Waals surface area contributed by atoms with Crippen LogP contribution in [0.3, 0.4) is 0 Å². The molecule has 36 heavy (non-hydrogen) atoms. The fourth-order valence-corrected chi connectivity index (χ4v) is 6.10. The normalized spacial score (nSPS) is 12.4. The van der Waals surface area contributed by atoms with Gasteiger partial charge in [-0.25, -0.2) is 4.79 Å². The van der Waals surface area contributed by atoms with Crippen molar-refractivity contribution >= 4 is 61.5 Å². The zero-order chi connectivity index (χ0) is 25.5. The van der Waals surface area contributed by atoms with Gasteiger partial charge >= 0.3 is 5.97 Å². The molecule has 0 saturated carbocycles. The SMILES string of the molecule is CCOC(=O)c1c(NC(=S)NC(=O)c2ccc(OCCc3ccccc3)c(Br)c2)sc2c1CCCC2. The van der Waals surface area contributed by atoms with E-state index in [-0.39, 0.29) is 17.0 Å². The number of hydrogen-bond donors (Lipinski definition) is 2. The van der Waals surface area contributed by atoms with Crippen molar-refractivity contribution < 1.29 is 19.1 Å². The topological polar surface area (TPSA) is 76.7 Å². The van der Waals surface area contributed by atoms with Crippen molar-refractivity contribution in [2.75, 3.05) is 18.5 Å². The standard InChI is InChI=1S/C27H27BrN2O4S2/c1-2-33-26(32)23-19-10-6-7-11-22(19)36-25(23)30-27(35)29-24(31)18-12-13-21(20(28)16-18)34-15-14-17-8-4-3-5-9-17/h3-5,8-9,12-13,16H,2,6-7,10-11,14-15H2,1H3,(H2,29,30,31,35). The van der Waals surface area contributed by atoms with Crippen molar-refractivity contribution in [3.8, 4) is 5.75 Å². The summed E-state index contributed by atoms with van der Waals surface area (Å²) in [5.41, 5.74) is 3.20. The average Bonchev–Trinajstić information content (AvgIpc) is 3.23. The maximum atomic E-state index is 12.8. The van der Waals surface area contributed by atoms with Crippen LogP contribution in [0.15, 0.2) is 53.0 Å². The highest BCUT2D eigenvalue weighted by Gasteiger charge is 2.27. The van der Waals surface area contributed by atoms with Crippen molar-refractivity contribution in [3.63, 3.8) is 0 Å². The number of anilines is 1. The average molecular weight is 588 g/mol. The second kappa shape index (κ2) is 12.5. The molecule has 0 atom stereocenters. The third-order valence-corrected chi connectivity index (χ3v) is 7.82. The first kappa shape index (κ1) is 26.3. The molecule has 9 heteroatoms. The number of benzene rings is 2. The number of hydrogen-bond acceptors (Lipinski definition) is 6. The molecule has 1 amide bonds. The lowest BCUT2D eigenvalue weighted by Crippen LogP contribution is -2.34. The Balaban J connectivity index is 1.38. The molecule has 6 nitrogen and oxygen atoms in total. The van der Waals surface area contributed by atoms with E-state index < -0.39 is 0 Å². The van der Waals surface area contributed by atoms with Crippen molar-refractivity contribution in [1.29, 1.82) is 0 Å². The van der Waals surface area contributed by atoms with Gasteiger partial charge in [0.05, 0.1) is 23.2 Å². The summed E-state index contributed by atoms with van der Waals surface area (Å²) in [6, 6.07) is 15.3. The van der Waals surface area contributed by atoms with Crippen molar-refractivity contribution in [2.45, 2.75) is 39.0 Å². The number of esters is 1. The number of aryl methyl sites for hydroxylation is 1. The first-order valence-electron chi connectivity index (χ1n) is 11.9. The summed E-state index contributed by atoms with van der Waals surface area (Å²) in [6.07, 6.45) is 4.69. The van der Waals surface area contributed by atoms with E-state index in [0.29, 0.717) is 39.6 Å². The van der Waals surface area contributed by atoms with Crippen LogP contribution in [-0.2, 0) is 24.0 Å². The Labute approximate surface area is 228 Å². The van der Waals surface area contributed by atoms with Gasteiger partial charge in [-0.05, 0) is 90.1 Å². The predicted octanol–water partition coefficient (Wildman–Crippen LogP) is 6.31. The van der Waals surface area contributed by atoms with Crippen molar-refractivity contribution in [2.24, 2.45) is 0 Å². The van der Waals surface area contributed by atoms with Gasteiger partial charge < -0.3 is 14.8 Å². The summed E-state index contributed by atoms with van der Waals surface area (Å²) < 4.78 is 11.8. The number of rotatable bonds is 8. The van der Waals surface area contributed by atoms with Crippen LogP contribution in [0, 0.1) is 0 Å². The van der Waals surface area contributed by atoms with Gasteiger partial charge in [-0.15, -0.1) is 11.3 Å². The predicted molar refractivity (Wildman–Crippen MR) is 150 cm³/mol. The Morgan fingerprint density at radius 2 is 1.89 bits per heavy atom. The van der Waals surface area contributed by atoms with E-state index in [0.717, 1.165) is 37.7 Å². The second-order valence-electron chi connectivity index (χ2n) is 8.27. The fourth-order valence-electron chi connectivity index (χ4n) is 4.07. The number of carbonyl (C=O) groups excluding carboxylic acids is 2. The molecule has 0 aliphatic heterocycles. The summed E-state index contributed by atoms with van der Waals surface area (Å²) in [5.74, 6) is -0.0604. The molecule has 1 heterocycles. The summed E-state index contributed by atoms with van der Waals surface area (Å²) in [4.78, 5) is 26.7. The quantitative estimate of drug-likeness (QED) is 0.238. The van der Waals surface area contributed by atoms with Crippen LogP contribution in [0.25, 0.3) is 0 Å². The Bertz CT molecular complexity index is 1260. The minimum atomic E-state index is -0.361. The number of nitrogens with one attached hydrogen (secondary N) is 2. The minimum absolute atomic E-state index is 0.128. The Morgan fingerprint density at radius 1 is 1.11 bits per heavy atom. The lowest BCUT2D eigenvalue weighted by atomic mass is 9.95. The molecule has 3 aromatic rings. The number of fused-ring (bicyclic) bond motifs is 1. The molecule has 0 saturated heterocycles. The van der Waals surface area contributed by atoms with Crippen LogP contribution in [0.4, 0.5) is 5.00 Å². The molecular formula is C27H27BrN2O4S2. The van der Waals surface area contributed by atoms with Gasteiger partial charge in [0, 0.05) is 16.9 Å². The number of thiophene rings is 1. The molecule has 1 aliphatic rings. The van der Waals surface area contributed by atoms with Crippen LogP contribution in [0.2, 0.25) is 0 Å². The molecule has 0 spiro atoms. The van der Waals surface area contributed by atoms with Crippen LogP contribution in [0.5, 0.6) is 5.75 Å². The maximum absolute atomic E-state index is 12.8. The second-order valence-corrected chi connectivity index (χ2v) is 10.6. The van der Waals surface area contributed by atoms with Crippen LogP contribution < -0.4 is 15.4 Å². The lowest BCUT2D eigenvalue weighted by Gasteiger charge is -2.13. The maximum Gasteiger partial charge on any atom is 0.341 e. The Morgan fingerprint density at radius 3 is 2.64 bits per heavy atom. The lowest BCUT2D eigenvalue weighted by molar-refractivity contribution is 0.0526. The largest absolute Gasteiger partial charge is 0.492 e. The van der Waals surface area contributed by atoms with Gasteiger partial charge in [0.2, 0.25) is 0 Å². The number of carbonyl (C=O) groups is 2. The van der Waals surface area contributed by atoms with Crippen LogP contribution >= 0.6 is 39.5 Å². The van der Waals surface area contributed by atoms with Crippen LogP contribution in [-0.4, -0.2) is 30.2 Å². The molecule has 188 valence electrons. The molecule has 0 radical (unpaired) electrons. The third-order valence-electron chi connectivity index (χ3n) is 5.79. The summed E-state index contributed by atoms with van der Waals surface area (Å²) in [5, 5.41) is 6.51. The van der Waals surface area contributed by atoms with Gasteiger partial charge in [-0.1, -0.05) is 30.3 Å². The molecular weight excluding hydrogens is 560 g/mol. The first-order chi connectivity index (χ1) is 17.5. The molecule has 2 N–H and O–H groups in total. The fraction of sp³-hybridized carbons (Fsp3) is 0.296. The Hall–Kier alpha value is -2.75. The zero-order valence-electron chi connectivity index (χ0n) is 19.9.